The zero-order valence-corrected chi connectivity index (χ0v) is 14.8. The van der Waals surface area contributed by atoms with Gasteiger partial charge < -0.3 is 9.47 Å². The molecule has 2 atom stereocenters. The van der Waals surface area contributed by atoms with Gasteiger partial charge in [0.05, 0.1) is 24.7 Å². The van der Waals surface area contributed by atoms with Gasteiger partial charge in [-0.25, -0.2) is 0 Å². The van der Waals surface area contributed by atoms with Crippen LogP contribution >= 0.6 is 0 Å². The number of aryl methyl sites for hydroxylation is 1. The van der Waals surface area contributed by atoms with E-state index in [1.807, 2.05) is 49.4 Å². The Morgan fingerprint density at radius 3 is 2.38 bits per heavy atom. The highest BCUT2D eigenvalue weighted by atomic mass is 16.6. The number of benzene rings is 2. The van der Waals surface area contributed by atoms with Gasteiger partial charge in [0.15, 0.2) is 17.2 Å². The van der Waals surface area contributed by atoms with Crippen molar-refractivity contribution in [3.63, 3.8) is 0 Å². The van der Waals surface area contributed by atoms with Gasteiger partial charge in [0, 0.05) is 11.1 Å². The number of hydrogen-bond acceptors (Lipinski definition) is 4. The molecular formula is C22H20O4. The van der Waals surface area contributed by atoms with Gasteiger partial charge in [-0.15, -0.1) is 0 Å². The third-order valence-electron chi connectivity index (χ3n) is 5.23. The Morgan fingerprint density at radius 1 is 1.04 bits per heavy atom. The van der Waals surface area contributed by atoms with Crippen molar-refractivity contribution in [1.82, 2.24) is 0 Å². The topological polar surface area (TPSA) is 52.6 Å². The molecule has 2 aliphatic rings. The van der Waals surface area contributed by atoms with Crippen LogP contribution in [0.15, 0.2) is 60.2 Å². The quantitative estimate of drug-likeness (QED) is 0.793. The largest absolute Gasteiger partial charge is 0.475 e. The average Bonchev–Trinajstić information content (AvgIpc) is 3.20. The first-order chi connectivity index (χ1) is 12.5. The maximum absolute atomic E-state index is 13.3. The van der Waals surface area contributed by atoms with E-state index in [0.29, 0.717) is 23.5 Å². The van der Waals surface area contributed by atoms with E-state index in [2.05, 4.69) is 0 Å². The maximum Gasteiger partial charge on any atom is 0.199 e. The molecule has 0 spiro atoms. The summed E-state index contributed by atoms with van der Waals surface area (Å²) in [5.41, 5.74) is 1.95. The predicted octanol–water partition coefficient (Wildman–Crippen LogP) is 3.59. The molecule has 0 unspecified atom stereocenters. The SMILES string of the molecule is CC(=O)[C@]12COC[C@H]1C(C(=O)c1ccccc1)=C(c1ccc(C)cc1)O2. The van der Waals surface area contributed by atoms with Crippen LogP contribution in [0.3, 0.4) is 0 Å². The van der Waals surface area contributed by atoms with Gasteiger partial charge >= 0.3 is 0 Å². The molecule has 0 bridgehead atoms. The second-order valence-corrected chi connectivity index (χ2v) is 6.92. The van der Waals surface area contributed by atoms with Crippen LogP contribution in [0.4, 0.5) is 0 Å². The average molecular weight is 348 g/mol. The van der Waals surface area contributed by atoms with Crippen molar-refractivity contribution >= 4 is 17.3 Å². The van der Waals surface area contributed by atoms with Crippen molar-refractivity contribution in [3.05, 3.63) is 76.9 Å². The second-order valence-electron chi connectivity index (χ2n) is 6.92. The highest BCUT2D eigenvalue weighted by molar-refractivity contribution is 6.14. The van der Waals surface area contributed by atoms with E-state index in [1.165, 1.54) is 6.92 Å². The summed E-state index contributed by atoms with van der Waals surface area (Å²) >= 11 is 0. The minimum atomic E-state index is -1.10. The molecule has 26 heavy (non-hydrogen) atoms. The van der Waals surface area contributed by atoms with Crippen LogP contribution in [-0.2, 0) is 14.3 Å². The summed E-state index contributed by atoms with van der Waals surface area (Å²) in [5.74, 6) is -0.105. The first kappa shape index (κ1) is 16.7. The number of carbonyl (C=O) groups is 2. The van der Waals surface area contributed by atoms with Crippen LogP contribution in [0, 0.1) is 12.8 Å². The number of ether oxygens (including phenoxy) is 2. The molecule has 4 rings (SSSR count). The third-order valence-corrected chi connectivity index (χ3v) is 5.23. The molecule has 0 aliphatic carbocycles. The fourth-order valence-electron chi connectivity index (χ4n) is 3.72. The van der Waals surface area contributed by atoms with Crippen molar-refractivity contribution in [2.24, 2.45) is 5.92 Å². The fraction of sp³-hybridized carbons (Fsp3) is 0.273. The Labute approximate surface area is 152 Å². The van der Waals surface area contributed by atoms with E-state index in [-0.39, 0.29) is 24.1 Å². The molecule has 4 heteroatoms. The molecule has 1 fully saturated rings. The summed E-state index contributed by atoms with van der Waals surface area (Å²) < 4.78 is 11.8. The molecule has 132 valence electrons. The zero-order chi connectivity index (χ0) is 18.3. The lowest BCUT2D eigenvalue weighted by Crippen LogP contribution is -2.44. The molecule has 0 amide bonds. The number of ketones is 2. The zero-order valence-electron chi connectivity index (χ0n) is 14.8. The summed E-state index contributed by atoms with van der Waals surface area (Å²) in [6.45, 7) is 3.99. The molecule has 2 aromatic rings. The molecule has 0 aromatic heterocycles. The lowest BCUT2D eigenvalue weighted by Gasteiger charge is -2.25. The standard InChI is InChI=1S/C22H20O4/c1-14-8-10-17(11-9-14)21-19(20(24)16-6-4-3-5-7-16)18-12-25-13-22(18,26-21)15(2)23/h3-11,18H,12-13H2,1-2H3/t18-,22+/m0/s1. The van der Waals surface area contributed by atoms with Crippen LogP contribution in [0.2, 0.25) is 0 Å². The molecule has 0 radical (unpaired) electrons. The van der Waals surface area contributed by atoms with Crippen LogP contribution < -0.4 is 0 Å². The summed E-state index contributed by atoms with van der Waals surface area (Å²) in [4.78, 5) is 25.7. The van der Waals surface area contributed by atoms with Crippen molar-refractivity contribution in [2.75, 3.05) is 13.2 Å². The summed E-state index contributed by atoms with van der Waals surface area (Å²) in [7, 11) is 0. The number of Topliss-reactive ketones (excluding diaryl/α,β-unsaturated/α-hetero) is 2. The maximum atomic E-state index is 13.3. The van der Waals surface area contributed by atoms with Crippen molar-refractivity contribution in [2.45, 2.75) is 19.4 Å². The molecule has 1 saturated heterocycles. The molecule has 2 aliphatic heterocycles. The lowest BCUT2D eigenvalue weighted by atomic mass is 9.80. The smallest absolute Gasteiger partial charge is 0.199 e. The van der Waals surface area contributed by atoms with E-state index in [0.717, 1.165) is 11.1 Å². The Morgan fingerprint density at radius 2 is 1.73 bits per heavy atom. The third kappa shape index (κ3) is 2.49. The van der Waals surface area contributed by atoms with E-state index in [9.17, 15) is 9.59 Å². The molecule has 0 saturated carbocycles. The van der Waals surface area contributed by atoms with Gasteiger partial charge in [-0.3, -0.25) is 9.59 Å². The summed E-state index contributed by atoms with van der Waals surface area (Å²) in [6.07, 6.45) is 0. The second kappa shape index (κ2) is 6.22. The number of carbonyl (C=O) groups excluding carboxylic acids is 2. The Bertz CT molecular complexity index is 895. The van der Waals surface area contributed by atoms with Gasteiger partial charge in [0.2, 0.25) is 0 Å². The highest BCUT2D eigenvalue weighted by Crippen LogP contribution is 2.48. The van der Waals surface area contributed by atoms with Gasteiger partial charge in [0.1, 0.15) is 5.76 Å². The van der Waals surface area contributed by atoms with Crippen LogP contribution in [-0.4, -0.2) is 30.4 Å². The van der Waals surface area contributed by atoms with Gasteiger partial charge in [0.25, 0.3) is 0 Å². The minimum absolute atomic E-state index is 0.111. The number of hydrogen-bond donors (Lipinski definition) is 0. The first-order valence-corrected chi connectivity index (χ1v) is 8.72. The number of fused-ring (bicyclic) bond motifs is 1. The van der Waals surface area contributed by atoms with Crippen LogP contribution in [0.25, 0.3) is 5.76 Å². The predicted molar refractivity (Wildman–Crippen MR) is 97.7 cm³/mol. The van der Waals surface area contributed by atoms with Crippen molar-refractivity contribution < 1.29 is 19.1 Å². The summed E-state index contributed by atoms with van der Waals surface area (Å²) in [5, 5.41) is 0. The molecule has 4 nitrogen and oxygen atoms in total. The van der Waals surface area contributed by atoms with Crippen molar-refractivity contribution in [1.29, 1.82) is 0 Å². The van der Waals surface area contributed by atoms with E-state index < -0.39 is 5.60 Å². The van der Waals surface area contributed by atoms with Crippen LogP contribution in [0.5, 0.6) is 0 Å². The van der Waals surface area contributed by atoms with Gasteiger partial charge in [-0.1, -0.05) is 60.2 Å². The lowest BCUT2D eigenvalue weighted by molar-refractivity contribution is -0.134. The monoisotopic (exact) mass is 348 g/mol. The molecular weight excluding hydrogens is 328 g/mol. The highest BCUT2D eigenvalue weighted by Gasteiger charge is 2.59. The van der Waals surface area contributed by atoms with Gasteiger partial charge in [-0.05, 0) is 13.8 Å². The Kier molecular flexibility index (Phi) is 4.00. The van der Waals surface area contributed by atoms with E-state index in [1.54, 1.807) is 12.1 Å². The first-order valence-electron chi connectivity index (χ1n) is 8.72. The van der Waals surface area contributed by atoms with Gasteiger partial charge in [-0.2, -0.15) is 0 Å². The minimum Gasteiger partial charge on any atom is -0.475 e. The number of rotatable bonds is 4. The van der Waals surface area contributed by atoms with Crippen LogP contribution in [0.1, 0.15) is 28.4 Å². The van der Waals surface area contributed by atoms with E-state index in [4.69, 9.17) is 9.47 Å². The molecule has 2 heterocycles. The Balaban J connectivity index is 1.88. The van der Waals surface area contributed by atoms with Crippen molar-refractivity contribution in [3.8, 4) is 0 Å². The molecule has 0 N–H and O–H groups in total. The Hall–Kier alpha value is -2.72. The van der Waals surface area contributed by atoms with E-state index >= 15 is 0 Å². The normalized spacial score (nSPS) is 24.3. The molecule has 2 aromatic carbocycles. The summed E-state index contributed by atoms with van der Waals surface area (Å²) in [6, 6.07) is 16.9. The fourth-order valence-corrected chi connectivity index (χ4v) is 3.72.